The Bertz CT molecular complexity index is 758. The number of aromatic nitrogens is 2. The van der Waals surface area contributed by atoms with E-state index in [2.05, 4.69) is 4.98 Å². The highest BCUT2D eigenvalue weighted by Crippen LogP contribution is 2.15. The average Bonchev–Trinajstić information content (AvgIpc) is 3.04. The van der Waals surface area contributed by atoms with Crippen molar-refractivity contribution < 1.29 is 4.79 Å². The normalized spacial score (nSPS) is 10.9. The van der Waals surface area contributed by atoms with Crippen LogP contribution in [0.25, 0.3) is 17.3 Å². The topological polar surface area (TPSA) is 34.9 Å². The number of imidazole rings is 1. The molecule has 0 aliphatic carbocycles. The molecule has 21 heavy (non-hydrogen) atoms. The minimum atomic E-state index is -0.117. The Labute approximate surface area is 123 Å². The number of carbonyl (C=O) groups excluding carboxylic acids is 1. The number of hydrogen-bond acceptors (Lipinski definition) is 2. The van der Waals surface area contributed by atoms with Crippen LogP contribution in [0.2, 0.25) is 0 Å². The zero-order valence-electron chi connectivity index (χ0n) is 11.4. The van der Waals surface area contributed by atoms with Gasteiger partial charge in [0.2, 0.25) is 0 Å². The number of benzene rings is 2. The van der Waals surface area contributed by atoms with Gasteiger partial charge < -0.3 is 0 Å². The van der Waals surface area contributed by atoms with Crippen molar-refractivity contribution in [3.63, 3.8) is 0 Å². The minimum Gasteiger partial charge on any atom is -0.272 e. The third-order valence-corrected chi connectivity index (χ3v) is 3.12. The fourth-order valence-corrected chi connectivity index (χ4v) is 2.02. The first-order valence-corrected chi connectivity index (χ1v) is 6.70. The molecule has 0 atom stereocenters. The van der Waals surface area contributed by atoms with Gasteiger partial charge in [0.15, 0.2) is 0 Å². The lowest BCUT2D eigenvalue weighted by Crippen LogP contribution is -2.03. The molecule has 0 fully saturated rings. The Morgan fingerprint density at radius 1 is 0.952 bits per heavy atom. The summed E-state index contributed by atoms with van der Waals surface area (Å²) in [6.45, 7) is 0. The highest BCUT2D eigenvalue weighted by Gasteiger charge is 2.05. The molecule has 0 aliphatic heterocycles. The lowest BCUT2D eigenvalue weighted by Gasteiger charge is -1.96. The second-order valence-corrected chi connectivity index (χ2v) is 4.61. The van der Waals surface area contributed by atoms with E-state index >= 15 is 0 Å². The molecule has 3 heteroatoms. The van der Waals surface area contributed by atoms with Gasteiger partial charge in [0, 0.05) is 17.8 Å². The van der Waals surface area contributed by atoms with Crippen molar-refractivity contribution in [2.75, 3.05) is 0 Å². The van der Waals surface area contributed by atoms with Gasteiger partial charge in [-0.3, -0.25) is 9.36 Å². The maximum Gasteiger partial charge on any atom is 0.255 e. The predicted molar refractivity (Wildman–Crippen MR) is 83.8 cm³/mol. The van der Waals surface area contributed by atoms with E-state index in [9.17, 15) is 4.79 Å². The number of rotatable bonds is 3. The van der Waals surface area contributed by atoms with Gasteiger partial charge in [0.1, 0.15) is 6.33 Å². The predicted octanol–water partition coefficient (Wildman–Crippen LogP) is 3.90. The van der Waals surface area contributed by atoms with Crippen molar-refractivity contribution >= 4 is 12.0 Å². The van der Waals surface area contributed by atoms with Crippen molar-refractivity contribution in [2.24, 2.45) is 0 Å². The van der Waals surface area contributed by atoms with Gasteiger partial charge in [0.05, 0.1) is 5.69 Å². The van der Waals surface area contributed by atoms with E-state index < -0.39 is 0 Å². The summed E-state index contributed by atoms with van der Waals surface area (Å²) in [5.41, 5.74) is 2.78. The molecule has 0 N–H and O–H groups in total. The summed E-state index contributed by atoms with van der Waals surface area (Å²) < 4.78 is 1.49. The SMILES string of the molecule is O=C(/C=C/c1ccccc1)n1cnc(-c2ccccc2)c1. The van der Waals surface area contributed by atoms with Crippen LogP contribution in [0.15, 0.2) is 79.3 Å². The molecule has 1 aromatic heterocycles. The molecule has 0 spiro atoms. The van der Waals surface area contributed by atoms with Crippen molar-refractivity contribution in [1.82, 2.24) is 9.55 Å². The lowest BCUT2D eigenvalue weighted by atomic mass is 10.2. The van der Waals surface area contributed by atoms with Gasteiger partial charge in [-0.15, -0.1) is 0 Å². The Morgan fingerprint density at radius 2 is 1.62 bits per heavy atom. The highest BCUT2D eigenvalue weighted by molar-refractivity contribution is 5.94. The first kappa shape index (κ1) is 13.1. The van der Waals surface area contributed by atoms with Crippen LogP contribution in [0.1, 0.15) is 10.4 Å². The molecule has 0 bridgehead atoms. The zero-order valence-corrected chi connectivity index (χ0v) is 11.4. The monoisotopic (exact) mass is 274 g/mol. The fraction of sp³-hybridized carbons (Fsp3) is 0. The Kier molecular flexibility index (Phi) is 3.74. The molecule has 0 unspecified atom stereocenters. The molecule has 0 saturated carbocycles. The molecule has 3 aromatic rings. The highest BCUT2D eigenvalue weighted by atomic mass is 16.1. The van der Waals surface area contributed by atoms with Gasteiger partial charge >= 0.3 is 0 Å². The van der Waals surface area contributed by atoms with E-state index in [0.717, 1.165) is 16.8 Å². The summed E-state index contributed by atoms with van der Waals surface area (Å²) in [5, 5.41) is 0. The van der Waals surface area contributed by atoms with Crippen molar-refractivity contribution in [3.8, 4) is 11.3 Å². The molecule has 0 amide bonds. The Balaban J connectivity index is 1.77. The van der Waals surface area contributed by atoms with Crippen LogP contribution in [0.3, 0.4) is 0 Å². The van der Waals surface area contributed by atoms with E-state index in [-0.39, 0.29) is 5.91 Å². The van der Waals surface area contributed by atoms with Gasteiger partial charge in [-0.2, -0.15) is 0 Å². The molecule has 3 rings (SSSR count). The van der Waals surface area contributed by atoms with Crippen LogP contribution < -0.4 is 0 Å². The molecule has 2 aromatic carbocycles. The maximum atomic E-state index is 12.1. The lowest BCUT2D eigenvalue weighted by molar-refractivity contribution is 0.0969. The van der Waals surface area contributed by atoms with Crippen LogP contribution >= 0.6 is 0 Å². The van der Waals surface area contributed by atoms with Crippen molar-refractivity contribution in [1.29, 1.82) is 0 Å². The summed E-state index contributed by atoms with van der Waals surface area (Å²) in [4.78, 5) is 16.4. The molecule has 0 radical (unpaired) electrons. The van der Waals surface area contributed by atoms with E-state index in [1.807, 2.05) is 60.7 Å². The summed E-state index contributed by atoms with van der Waals surface area (Å²) in [5.74, 6) is -0.117. The third-order valence-electron chi connectivity index (χ3n) is 3.12. The smallest absolute Gasteiger partial charge is 0.255 e. The van der Waals surface area contributed by atoms with Gasteiger partial charge in [0.25, 0.3) is 5.91 Å². The second-order valence-electron chi connectivity index (χ2n) is 4.61. The second kappa shape index (κ2) is 6.01. The van der Waals surface area contributed by atoms with Crippen LogP contribution in [0, 0.1) is 0 Å². The van der Waals surface area contributed by atoms with E-state index in [1.165, 1.54) is 4.57 Å². The molecule has 3 nitrogen and oxygen atoms in total. The Hall–Kier alpha value is -2.94. The van der Waals surface area contributed by atoms with Crippen LogP contribution in [-0.4, -0.2) is 15.5 Å². The summed E-state index contributed by atoms with van der Waals surface area (Å²) in [7, 11) is 0. The fourth-order valence-electron chi connectivity index (χ4n) is 2.02. The third kappa shape index (κ3) is 3.15. The molecule has 1 heterocycles. The number of nitrogens with zero attached hydrogens (tertiary/aromatic N) is 2. The van der Waals surface area contributed by atoms with Gasteiger partial charge in [-0.25, -0.2) is 4.98 Å². The van der Waals surface area contributed by atoms with Gasteiger partial charge in [-0.05, 0) is 11.6 Å². The minimum absolute atomic E-state index is 0.117. The quantitative estimate of drug-likeness (QED) is 0.679. The molecule has 0 saturated heterocycles. The summed E-state index contributed by atoms with van der Waals surface area (Å²) in [6.07, 6.45) is 6.63. The first-order chi connectivity index (χ1) is 10.3. The van der Waals surface area contributed by atoms with Crippen LogP contribution in [-0.2, 0) is 0 Å². The van der Waals surface area contributed by atoms with E-state index in [1.54, 1.807) is 24.7 Å². The number of allylic oxidation sites excluding steroid dienone is 1. The van der Waals surface area contributed by atoms with Crippen LogP contribution in [0.5, 0.6) is 0 Å². The zero-order chi connectivity index (χ0) is 14.5. The standard InChI is InChI=1S/C18H14N2O/c21-18(12-11-15-7-3-1-4-8-15)20-13-17(19-14-20)16-9-5-2-6-10-16/h1-14H/b12-11+. The van der Waals surface area contributed by atoms with Crippen LogP contribution in [0.4, 0.5) is 0 Å². The first-order valence-electron chi connectivity index (χ1n) is 6.70. The summed E-state index contributed by atoms with van der Waals surface area (Å²) in [6, 6.07) is 19.5. The van der Waals surface area contributed by atoms with E-state index in [4.69, 9.17) is 0 Å². The molecule has 102 valence electrons. The molecule has 0 aliphatic rings. The number of carbonyl (C=O) groups is 1. The maximum absolute atomic E-state index is 12.1. The van der Waals surface area contributed by atoms with Gasteiger partial charge in [-0.1, -0.05) is 60.7 Å². The molecular weight excluding hydrogens is 260 g/mol. The number of hydrogen-bond donors (Lipinski definition) is 0. The van der Waals surface area contributed by atoms with E-state index in [0.29, 0.717) is 0 Å². The van der Waals surface area contributed by atoms with Crippen molar-refractivity contribution in [3.05, 3.63) is 84.8 Å². The largest absolute Gasteiger partial charge is 0.272 e. The summed E-state index contributed by atoms with van der Waals surface area (Å²) >= 11 is 0. The van der Waals surface area contributed by atoms with Crippen molar-refractivity contribution in [2.45, 2.75) is 0 Å². The Morgan fingerprint density at radius 3 is 2.33 bits per heavy atom. The molecular formula is C18H14N2O. The average molecular weight is 274 g/mol.